The van der Waals surface area contributed by atoms with Crippen molar-refractivity contribution < 1.29 is 13.6 Å². The van der Waals surface area contributed by atoms with E-state index in [4.69, 9.17) is 9.68 Å². The van der Waals surface area contributed by atoms with Gasteiger partial charge in [0.2, 0.25) is 0 Å². The third kappa shape index (κ3) is 2.34. The van der Waals surface area contributed by atoms with E-state index >= 15 is 0 Å². The molecule has 1 aromatic heterocycles. The minimum Gasteiger partial charge on any atom is -0.457 e. The lowest BCUT2D eigenvalue weighted by atomic mass is 9.93. The number of halogens is 2. The predicted molar refractivity (Wildman–Crippen MR) is 65.5 cm³/mol. The molecular weight excluding hydrogens is 301 g/mol. The Hall–Kier alpha value is -1.93. The summed E-state index contributed by atoms with van der Waals surface area (Å²) in [7, 11) is 0. The molecule has 0 fully saturated rings. The van der Waals surface area contributed by atoms with Gasteiger partial charge in [-0.1, -0.05) is 12.1 Å². The first kappa shape index (κ1) is 12.5. The number of furan rings is 1. The lowest BCUT2D eigenvalue weighted by Crippen LogP contribution is -2.11. The van der Waals surface area contributed by atoms with Crippen LogP contribution >= 0.6 is 15.9 Å². The Morgan fingerprint density at radius 2 is 2.22 bits per heavy atom. The fourth-order valence-corrected chi connectivity index (χ4v) is 2.03. The molecule has 2 rings (SSSR count). The van der Waals surface area contributed by atoms with Gasteiger partial charge in [-0.2, -0.15) is 5.26 Å². The van der Waals surface area contributed by atoms with Crippen LogP contribution in [0.3, 0.4) is 0 Å². The van der Waals surface area contributed by atoms with Gasteiger partial charge in [-0.15, -0.1) is 0 Å². The summed E-state index contributed by atoms with van der Waals surface area (Å²) >= 11 is 3.08. The first-order valence-electron chi connectivity index (χ1n) is 5.05. The summed E-state index contributed by atoms with van der Waals surface area (Å²) in [5, 5.41) is 9.09. The maximum absolute atomic E-state index is 13.1. The molecule has 0 amide bonds. The highest BCUT2D eigenvalue weighted by Gasteiger charge is 2.25. The minimum absolute atomic E-state index is 0.268. The highest BCUT2D eigenvalue weighted by molar-refractivity contribution is 9.10. The second kappa shape index (κ2) is 5.15. The Labute approximate surface area is 111 Å². The van der Waals surface area contributed by atoms with Gasteiger partial charge in [-0.25, -0.2) is 4.39 Å². The van der Waals surface area contributed by atoms with E-state index in [9.17, 15) is 9.18 Å². The molecule has 0 aliphatic carbocycles. The molecule has 0 spiro atoms. The maximum atomic E-state index is 13.1. The minimum atomic E-state index is -1.05. The fraction of sp³-hybridized carbons (Fsp3) is 0.0769. The van der Waals surface area contributed by atoms with E-state index in [1.165, 1.54) is 30.5 Å². The van der Waals surface area contributed by atoms with Crippen LogP contribution in [0, 0.1) is 17.1 Å². The number of nitriles is 1. The molecule has 18 heavy (non-hydrogen) atoms. The Morgan fingerprint density at radius 1 is 1.44 bits per heavy atom. The number of hydrogen-bond acceptors (Lipinski definition) is 3. The lowest BCUT2D eigenvalue weighted by molar-refractivity contribution is 0.0977. The summed E-state index contributed by atoms with van der Waals surface area (Å²) in [5.41, 5.74) is 0.599. The van der Waals surface area contributed by atoms with Gasteiger partial charge in [0.05, 0.1) is 17.9 Å². The number of carbonyl (C=O) groups is 1. The second-order valence-corrected chi connectivity index (χ2v) is 4.31. The first-order valence-corrected chi connectivity index (χ1v) is 5.85. The summed E-state index contributed by atoms with van der Waals surface area (Å²) in [5.74, 6) is -1.95. The third-order valence-electron chi connectivity index (χ3n) is 2.46. The molecule has 3 nitrogen and oxygen atoms in total. The Balaban J connectivity index is 2.39. The molecule has 5 heteroatoms. The molecule has 0 saturated heterocycles. The Kier molecular flexibility index (Phi) is 3.58. The highest BCUT2D eigenvalue weighted by Crippen LogP contribution is 2.26. The van der Waals surface area contributed by atoms with Crippen LogP contribution in [0.5, 0.6) is 0 Å². The highest BCUT2D eigenvalue weighted by atomic mass is 79.9. The largest absolute Gasteiger partial charge is 0.457 e. The molecule has 0 radical (unpaired) electrons. The molecule has 0 aliphatic heterocycles. The molecule has 0 saturated carbocycles. The summed E-state index contributed by atoms with van der Waals surface area (Å²) in [6.07, 6.45) is 1.34. The van der Waals surface area contributed by atoms with Crippen LogP contribution in [-0.2, 0) is 0 Å². The van der Waals surface area contributed by atoms with Gasteiger partial charge < -0.3 is 4.42 Å². The number of ketones is 1. The zero-order chi connectivity index (χ0) is 13.1. The van der Waals surface area contributed by atoms with E-state index in [2.05, 4.69) is 15.9 Å². The van der Waals surface area contributed by atoms with Crippen molar-refractivity contribution >= 4 is 21.7 Å². The number of hydrogen-bond donors (Lipinski definition) is 0. The van der Waals surface area contributed by atoms with Crippen molar-refractivity contribution in [3.8, 4) is 6.07 Å². The Bertz CT molecular complexity index is 630. The molecule has 0 N–H and O–H groups in total. The van der Waals surface area contributed by atoms with Gasteiger partial charge in [0, 0.05) is 0 Å². The van der Waals surface area contributed by atoms with Crippen molar-refractivity contribution in [3.63, 3.8) is 0 Å². The van der Waals surface area contributed by atoms with E-state index in [1.54, 1.807) is 6.07 Å². The molecule has 1 unspecified atom stereocenters. The summed E-state index contributed by atoms with van der Waals surface area (Å²) in [6, 6.07) is 8.80. The van der Waals surface area contributed by atoms with Crippen molar-refractivity contribution in [2.24, 2.45) is 0 Å². The van der Waals surface area contributed by atoms with Gasteiger partial charge in [-0.05, 0) is 39.7 Å². The number of benzene rings is 1. The molecule has 0 aliphatic rings. The molecule has 2 aromatic rings. The van der Waals surface area contributed by atoms with E-state index in [0.717, 1.165) is 0 Å². The van der Waals surface area contributed by atoms with Crippen molar-refractivity contribution in [3.05, 3.63) is 58.2 Å². The van der Waals surface area contributed by atoms with Crippen LogP contribution in [-0.4, -0.2) is 5.78 Å². The SMILES string of the molecule is N#CC(C(=O)c1ccoc1Br)c1cccc(F)c1. The predicted octanol–water partition coefficient (Wildman–Crippen LogP) is 3.67. The maximum Gasteiger partial charge on any atom is 0.188 e. The molecule has 1 heterocycles. The lowest BCUT2D eigenvalue weighted by Gasteiger charge is -2.07. The standard InChI is InChI=1S/C13H7BrFNO2/c14-13-10(4-5-18-13)12(17)11(7-16)8-2-1-3-9(15)6-8/h1-6,11H. The molecule has 1 aromatic carbocycles. The van der Waals surface area contributed by atoms with E-state index in [1.807, 2.05) is 6.07 Å². The van der Waals surface area contributed by atoms with E-state index < -0.39 is 17.5 Å². The molecule has 90 valence electrons. The van der Waals surface area contributed by atoms with Crippen molar-refractivity contribution in [1.82, 2.24) is 0 Å². The van der Waals surface area contributed by atoms with E-state index in [-0.39, 0.29) is 10.2 Å². The zero-order valence-electron chi connectivity index (χ0n) is 9.06. The van der Waals surface area contributed by atoms with Gasteiger partial charge in [0.15, 0.2) is 10.5 Å². The van der Waals surface area contributed by atoms with E-state index in [0.29, 0.717) is 5.56 Å². The summed E-state index contributed by atoms with van der Waals surface area (Å²) in [4.78, 5) is 12.1. The third-order valence-corrected chi connectivity index (χ3v) is 3.07. The summed E-state index contributed by atoms with van der Waals surface area (Å²) in [6.45, 7) is 0. The van der Waals surface area contributed by atoms with Crippen LogP contribution in [0.2, 0.25) is 0 Å². The van der Waals surface area contributed by atoms with Crippen molar-refractivity contribution in [2.45, 2.75) is 5.92 Å². The number of nitrogens with zero attached hydrogens (tertiary/aromatic N) is 1. The van der Waals surface area contributed by atoms with Crippen molar-refractivity contribution in [2.75, 3.05) is 0 Å². The van der Waals surface area contributed by atoms with Crippen LogP contribution in [0.1, 0.15) is 21.8 Å². The van der Waals surface area contributed by atoms with Crippen LogP contribution in [0.25, 0.3) is 0 Å². The second-order valence-electron chi connectivity index (χ2n) is 3.59. The van der Waals surface area contributed by atoms with Crippen LogP contribution in [0.15, 0.2) is 45.7 Å². The number of rotatable bonds is 3. The zero-order valence-corrected chi connectivity index (χ0v) is 10.6. The topological polar surface area (TPSA) is 54.0 Å². The van der Waals surface area contributed by atoms with Crippen LogP contribution < -0.4 is 0 Å². The van der Waals surface area contributed by atoms with Crippen LogP contribution in [0.4, 0.5) is 4.39 Å². The van der Waals surface area contributed by atoms with Gasteiger partial charge in [0.1, 0.15) is 11.7 Å². The normalized spacial score (nSPS) is 11.8. The van der Waals surface area contributed by atoms with Gasteiger partial charge in [-0.3, -0.25) is 4.79 Å². The fourth-order valence-electron chi connectivity index (χ4n) is 1.60. The smallest absolute Gasteiger partial charge is 0.188 e. The average Bonchev–Trinajstić information content (AvgIpc) is 2.76. The van der Waals surface area contributed by atoms with Crippen molar-refractivity contribution in [1.29, 1.82) is 5.26 Å². The van der Waals surface area contributed by atoms with Gasteiger partial charge >= 0.3 is 0 Å². The Morgan fingerprint density at radius 3 is 2.78 bits per heavy atom. The summed E-state index contributed by atoms with van der Waals surface area (Å²) < 4.78 is 18.3. The first-order chi connectivity index (χ1) is 8.63. The monoisotopic (exact) mass is 307 g/mol. The number of Topliss-reactive ketones (excluding diaryl/α,β-unsaturated/α-hetero) is 1. The van der Waals surface area contributed by atoms with Gasteiger partial charge in [0.25, 0.3) is 0 Å². The molecular formula is C13H7BrFNO2. The number of carbonyl (C=O) groups excluding carboxylic acids is 1. The quantitative estimate of drug-likeness (QED) is 0.813. The molecule has 1 atom stereocenters. The average molecular weight is 308 g/mol. The molecule has 0 bridgehead atoms.